The van der Waals surface area contributed by atoms with Gasteiger partial charge in [-0.05, 0) is 25.7 Å². The summed E-state index contributed by atoms with van der Waals surface area (Å²) in [6, 6.07) is 0. The number of likely N-dealkylation sites (tertiary alicyclic amines) is 3. The van der Waals surface area contributed by atoms with Gasteiger partial charge >= 0.3 is 0 Å². The van der Waals surface area contributed by atoms with Gasteiger partial charge in [0.25, 0.3) is 0 Å². The van der Waals surface area contributed by atoms with E-state index in [1.807, 2.05) is 9.80 Å². The standard InChI is InChI=1S/C18H29N3O4/c1-25-11-10-21-14-18(7-5-16(21)23)6-3-9-20(13-18)17(24)12-19-8-2-4-15(19)22/h2-14H2,1H3/t18-/m0/s1. The van der Waals surface area contributed by atoms with E-state index in [0.717, 1.165) is 32.2 Å². The Morgan fingerprint density at radius 2 is 1.84 bits per heavy atom. The second-order valence-electron chi connectivity index (χ2n) is 7.65. The number of nitrogens with zero attached hydrogens (tertiary/aromatic N) is 3. The van der Waals surface area contributed by atoms with Crippen LogP contribution in [-0.2, 0) is 19.1 Å². The van der Waals surface area contributed by atoms with Crippen molar-refractivity contribution in [3.63, 3.8) is 0 Å². The van der Waals surface area contributed by atoms with Gasteiger partial charge in [-0.1, -0.05) is 0 Å². The average Bonchev–Trinajstić information content (AvgIpc) is 3.01. The lowest BCUT2D eigenvalue weighted by Gasteiger charge is -2.48. The lowest BCUT2D eigenvalue weighted by atomic mass is 9.73. The fourth-order valence-corrected chi connectivity index (χ4v) is 4.40. The Balaban J connectivity index is 1.60. The summed E-state index contributed by atoms with van der Waals surface area (Å²) in [7, 11) is 1.64. The molecule has 0 aromatic carbocycles. The van der Waals surface area contributed by atoms with E-state index in [1.54, 1.807) is 12.0 Å². The van der Waals surface area contributed by atoms with E-state index >= 15 is 0 Å². The molecule has 7 heteroatoms. The van der Waals surface area contributed by atoms with E-state index in [4.69, 9.17) is 4.74 Å². The summed E-state index contributed by atoms with van der Waals surface area (Å²) >= 11 is 0. The van der Waals surface area contributed by atoms with Crippen LogP contribution in [0.3, 0.4) is 0 Å². The molecule has 0 N–H and O–H groups in total. The minimum Gasteiger partial charge on any atom is -0.383 e. The van der Waals surface area contributed by atoms with Crippen LogP contribution in [0.25, 0.3) is 0 Å². The maximum Gasteiger partial charge on any atom is 0.242 e. The molecule has 7 nitrogen and oxygen atoms in total. The highest BCUT2D eigenvalue weighted by atomic mass is 16.5. The van der Waals surface area contributed by atoms with Crippen LogP contribution in [0.2, 0.25) is 0 Å². The third kappa shape index (κ3) is 4.14. The van der Waals surface area contributed by atoms with Gasteiger partial charge in [0.1, 0.15) is 0 Å². The van der Waals surface area contributed by atoms with E-state index in [-0.39, 0.29) is 29.7 Å². The van der Waals surface area contributed by atoms with Crippen molar-refractivity contribution in [1.82, 2.24) is 14.7 Å². The molecule has 0 unspecified atom stereocenters. The highest BCUT2D eigenvalue weighted by molar-refractivity contribution is 5.86. The van der Waals surface area contributed by atoms with Crippen LogP contribution in [0.4, 0.5) is 0 Å². The highest BCUT2D eigenvalue weighted by Gasteiger charge is 2.42. The van der Waals surface area contributed by atoms with E-state index in [0.29, 0.717) is 45.6 Å². The smallest absolute Gasteiger partial charge is 0.242 e. The molecule has 1 atom stereocenters. The fourth-order valence-electron chi connectivity index (χ4n) is 4.40. The molecule has 3 amide bonds. The van der Waals surface area contributed by atoms with E-state index in [9.17, 15) is 14.4 Å². The molecule has 140 valence electrons. The Morgan fingerprint density at radius 1 is 1.04 bits per heavy atom. The molecule has 0 bridgehead atoms. The van der Waals surface area contributed by atoms with E-state index < -0.39 is 0 Å². The van der Waals surface area contributed by atoms with Crippen molar-refractivity contribution in [3.05, 3.63) is 0 Å². The summed E-state index contributed by atoms with van der Waals surface area (Å²) in [5.41, 5.74) is 0.00454. The van der Waals surface area contributed by atoms with Gasteiger partial charge in [-0.15, -0.1) is 0 Å². The zero-order valence-corrected chi connectivity index (χ0v) is 15.2. The van der Waals surface area contributed by atoms with Gasteiger partial charge in [0.05, 0.1) is 13.2 Å². The molecular formula is C18H29N3O4. The van der Waals surface area contributed by atoms with Crippen molar-refractivity contribution >= 4 is 17.7 Å². The van der Waals surface area contributed by atoms with E-state index in [2.05, 4.69) is 0 Å². The van der Waals surface area contributed by atoms with Gasteiger partial charge in [-0.2, -0.15) is 0 Å². The number of methoxy groups -OCH3 is 1. The van der Waals surface area contributed by atoms with Crippen molar-refractivity contribution in [1.29, 1.82) is 0 Å². The number of hydrogen-bond donors (Lipinski definition) is 0. The summed E-state index contributed by atoms with van der Waals surface area (Å²) in [4.78, 5) is 42.1. The third-order valence-electron chi connectivity index (χ3n) is 5.83. The number of carbonyl (C=O) groups excluding carboxylic acids is 3. The predicted octanol–water partition coefficient (Wildman–Crippen LogP) is 0.486. The van der Waals surface area contributed by atoms with Crippen molar-refractivity contribution in [2.45, 2.75) is 38.5 Å². The van der Waals surface area contributed by atoms with Crippen LogP contribution >= 0.6 is 0 Å². The Morgan fingerprint density at radius 3 is 2.56 bits per heavy atom. The van der Waals surface area contributed by atoms with Crippen LogP contribution in [-0.4, -0.2) is 85.4 Å². The summed E-state index contributed by atoms with van der Waals surface area (Å²) < 4.78 is 5.12. The third-order valence-corrected chi connectivity index (χ3v) is 5.83. The maximum atomic E-state index is 12.7. The molecule has 0 aromatic heterocycles. The summed E-state index contributed by atoms with van der Waals surface area (Å²) in [6.45, 7) is 4.24. The fraction of sp³-hybridized carbons (Fsp3) is 0.833. The quantitative estimate of drug-likeness (QED) is 0.723. The normalized spacial score (nSPS) is 27.5. The minimum absolute atomic E-state index is 0.00454. The largest absolute Gasteiger partial charge is 0.383 e. The molecule has 3 aliphatic rings. The topological polar surface area (TPSA) is 70.2 Å². The zero-order valence-electron chi connectivity index (χ0n) is 15.2. The summed E-state index contributed by atoms with van der Waals surface area (Å²) in [6.07, 6.45) is 4.83. The lowest BCUT2D eigenvalue weighted by Crippen LogP contribution is -2.56. The first kappa shape index (κ1) is 18.2. The first-order chi connectivity index (χ1) is 12.0. The Labute approximate surface area is 149 Å². The molecule has 3 saturated heterocycles. The van der Waals surface area contributed by atoms with Crippen molar-refractivity contribution < 1.29 is 19.1 Å². The maximum absolute atomic E-state index is 12.7. The van der Waals surface area contributed by atoms with Crippen molar-refractivity contribution in [2.24, 2.45) is 5.41 Å². The number of rotatable bonds is 5. The molecular weight excluding hydrogens is 322 g/mol. The molecule has 3 heterocycles. The molecule has 0 radical (unpaired) electrons. The lowest BCUT2D eigenvalue weighted by molar-refractivity contribution is -0.145. The highest BCUT2D eigenvalue weighted by Crippen LogP contribution is 2.38. The van der Waals surface area contributed by atoms with Crippen LogP contribution in [0.15, 0.2) is 0 Å². The van der Waals surface area contributed by atoms with Crippen LogP contribution in [0, 0.1) is 5.41 Å². The molecule has 3 aliphatic heterocycles. The second kappa shape index (κ2) is 7.72. The molecule has 0 aromatic rings. The Hall–Kier alpha value is -1.63. The first-order valence-electron chi connectivity index (χ1n) is 9.35. The number of piperidine rings is 2. The molecule has 0 saturated carbocycles. The van der Waals surface area contributed by atoms with Gasteiger partial charge in [0.15, 0.2) is 0 Å². The average molecular weight is 351 g/mol. The second-order valence-corrected chi connectivity index (χ2v) is 7.65. The SMILES string of the molecule is COCCN1C[C@@]2(CCCN(C(=O)CN3CCCC3=O)C2)CCC1=O. The van der Waals surface area contributed by atoms with Crippen molar-refractivity contribution in [3.8, 4) is 0 Å². The predicted molar refractivity (Wildman–Crippen MR) is 91.8 cm³/mol. The number of ether oxygens (including phenoxy) is 1. The minimum atomic E-state index is 0.00454. The molecule has 0 aliphatic carbocycles. The number of hydrogen-bond acceptors (Lipinski definition) is 4. The van der Waals surface area contributed by atoms with E-state index in [1.165, 1.54) is 0 Å². The summed E-state index contributed by atoms with van der Waals surface area (Å²) in [5, 5.41) is 0. The summed E-state index contributed by atoms with van der Waals surface area (Å²) in [5.74, 6) is 0.331. The number of carbonyl (C=O) groups is 3. The molecule has 25 heavy (non-hydrogen) atoms. The molecule has 3 fully saturated rings. The van der Waals surface area contributed by atoms with Gasteiger partial charge < -0.3 is 19.4 Å². The molecule has 1 spiro atoms. The van der Waals surface area contributed by atoms with Gasteiger partial charge in [0, 0.05) is 58.1 Å². The van der Waals surface area contributed by atoms with Crippen LogP contribution in [0.1, 0.15) is 38.5 Å². The Bertz CT molecular complexity index is 538. The first-order valence-corrected chi connectivity index (χ1v) is 9.35. The van der Waals surface area contributed by atoms with Crippen molar-refractivity contribution in [2.75, 3.05) is 53.0 Å². The van der Waals surface area contributed by atoms with Crippen LogP contribution in [0.5, 0.6) is 0 Å². The van der Waals surface area contributed by atoms with Gasteiger partial charge in [-0.3, -0.25) is 14.4 Å². The number of amides is 3. The molecule has 3 rings (SSSR count). The monoisotopic (exact) mass is 351 g/mol. The van der Waals surface area contributed by atoms with Crippen LogP contribution < -0.4 is 0 Å². The van der Waals surface area contributed by atoms with Gasteiger partial charge in [-0.25, -0.2) is 0 Å². The zero-order chi connectivity index (χ0) is 17.9. The Kier molecular flexibility index (Phi) is 5.61. The van der Waals surface area contributed by atoms with Gasteiger partial charge in [0.2, 0.25) is 17.7 Å².